The average Bonchev–Trinajstić information content (AvgIpc) is 2.62. The molecule has 0 aliphatic carbocycles. The fraction of sp³-hybridized carbons (Fsp3) is 0.150. The Bertz CT molecular complexity index is 951. The topological polar surface area (TPSA) is 75.7 Å². The van der Waals surface area contributed by atoms with Gasteiger partial charge in [0.05, 0.1) is 17.3 Å². The highest BCUT2D eigenvalue weighted by molar-refractivity contribution is 6.39. The molecule has 4 amide bonds. The van der Waals surface area contributed by atoms with Crippen molar-refractivity contribution in [1.29, 1.82) is 0 Å². The van der Waals surface area contributed by atoms with Gasteiger partial charge in [0.15, 0.2) is 0 Å². The number of aryl methyl sites for hydroxylation is 1. The fourth-order valence-electron chi connectivity index (χ4n) is 2.63. The Kier molecular flexibility index (Phi) is 5.28. The summed E-state index contributed by atoms with van der Waals surface area (Å²) < 4.78 is 5.37. The van der Waals surface area contributed by atoms with Gasteiger partial charge in [-0.3, -0.25) is 14.9 Å². The van der Waals surface area contributed by atoms with E-state index < -0.39 is 17.8 Å². The zero-order valence-electron chi connectivity index (χ0n) is 14.8. The highest BCUT2D eigenvalue weighted by atomic mass is 35.5. The predicted octanol–water partition coefficient (Wildman–Crippen LogP) is 3.71. The molecule has 0 atom stereocenters. The summed E-state index contributed by atoms with van der Waals surface area (Å²) in [4.78, 5) is 38.1. The molecule has 1 fully saturated rings. The second kappa shape index (κ2) is 7.63. The molecule has 0 spiro atoms. The van der Waals surface area contributed by atoms with E-state index in [-0.39, 0.29) is 5.57 Å². The van der Waals surface area contributed by atoms with Gasteiger partial charge < -0.3 is 4.74 Å². The van der Waals surface area contributed by atoms with Gasteiger partial charge in [-0.05, 0) is 49.8 Å². The van der Waals surface area contributed by atoms with E-state index >= 15 is 0 Å². The lowest BCUT2D eigenvalue weighted by Gasteiger charge is -2.26. The number of amides is 4. The third-order valence-electron chi connectivity index (χ3n) is 3.96. The van der Waals surface area contributed by atoms with E-state index in [9.17, 15) is 14.4 Å². The zero-order valence-corrected chi connectivity index (χ0v) is 15.5. The molecule has 2 aromatic carbocycles. The Balaban J connectivity index is 1.96. The lowest BCUT2D eigenvalue weighted by molar-refractivity contribution is -0.122. The van der Waals surface area contributed by atoms with Crippen LogP contribution >= 0.6 is 11.6 Å². The lowest BCUT2D eigenvalue weighted by Crippen LogP contribution is -2.54. The van der Waals surface area contributed by atoms with Crippen molar-refractivity contribution < 1.29 is 19.1 Å². The number of benzene rings is 2. The molecule has 3 rings (SSSR count). The molecule has 138 valence electrons. The largest absolute Gasteiger partial charge is 0.492 e. The van der Waals surface area contributed by atoms with Crippen LogP contribution < -0.4 is 15.0 Å². The van der Waals surface area contributed by atoms with E-state index in [0.29, 0.717) is 28.6 Å². The second-order valence-corrected chi connectivity index (χ2v) is 6.32. The number of hydrogen-bond acceptors (Lipinski definition) is 4. The maximum atomic E-state index is 12.8. The summed E-state index contributed by atoms with van der Waals surface area (Å²) in [5.74, 6) is -0.937. The van der Waals surface area contributed by atoms with E-state index in [2.05, 4.69) is 5.32 Å². The molecule has 1 N–H and O–H groups in total. The number of hydrogen-bond donors (Lipinski definition) is 1. The van der Waals surface area contributed by atoms with Crippen LogP contribution in [0.3, 0.4) is 0 Å². The minimum atomic E-state index is -0.782. The molecule has 1 aliphatic heterocycles. The van der Waals surface area contributed by atoms with Crippen LogP contribution in [-0.4, -0.2) is 24.5 Å². The molecule has 6 nitrogen and oxygen atoms in total. The first-order chi connectivity index (χ1) is 12.9. The van der Waals surface area contributed by atoms with Crippen LogP contribution in [-0.2, 0) is 9.59 Å². The van der Waals surface area contributed by atoms with E-state index in [1.807, 2.05) is 13.8 Å². The van der Waals surface area contributed by atoms with E-state index in [4.69, 9.17) is 16.3 Å². The van der Waals surface area contributed by atoms with Gasteiger partial charge in [-0.1, -0.05) is 35.4 Å². The maximum absolute atomic E-state index is 12.8. The Morgan fingerprint density at radius 2 is 1.81 bits per heavy atom. The summed E-state index contributed by atoms with van der Waals surface area (Å²) in [5, 5.41) is 2.55. The molecule has 2 aromatic rings. The normalized spacial score (nSPS) is 15.9. The number of carbonyl (C=O) groups excluding carboxylic acids is 3. The average molecular weight is 385 g/mol. The molecule has 0 saturated carbocycles. The molecule has 1 aliphatic rings. The molecule has 0 unspecified atom stereocenters. The highest BCUT2D eigenvalue weighted by Gasteiger charge is 2.36. The summed E-state index contributed by atoms with van der Waals surface area (Å²) >= 11 is 6.16. The number of imide groups is 2. The molecule has 1 saturated heterocycles. The number of nitrogens with one attached hydrogen (secondary N) is 1. The van der Waals surface area contributed by atoms with Crippen molar-refractivity contribution >= 4 is 41.2 Å². The SMILES string of the molecule is CCOc1ccc(C=C2C(=O)NC(=O)N(c3ccc(C)cc3)C2=O)cc1Cl. The van der Waals surface area contributed by atoms with Crippen LogP contribution in [0.25, 0.3) is 6.08 Å². The molecular weight excluding hydrogens is 368 g/mol. The number of carbonyl (C=O) groups is 3. The van der Waals surface area contributed by atoms with Gasteiger partial charge in [-0.2, -0.15) is 0 Å². The summed E-state index contributed by atoms with van der Waals surface area (Å²) in [6, 6.07) is 11.0. The van der Waals surface area contributed by atoms with Crippen molar-refractivity contribution in [3.05, 3.63) is 64.2 Å². The maximum Gasteiger partial charge on any atom is 0.335 e. The van der Waals surface area contributed by atoms with Gasteiger partial charge in [-0.25, -0.2) is 9.69 Å². The minimum Gasteiger partial charge on any atom is -0.492 e. The molecule has 0 aromatic heterocycles. The first kappa shape index (κ1) is 18.7. The second-order valence-electron chi connectivity index (χ2n) is 5.92. The van der Waals surface area contributed by atoms with Gasteiger partial charge in [0, 0.05) is 0 Å². The third kappa shape index (κ3) is 3.85. The summed E-state index contributed by atoms with van der Waals surface area (Å²) in [6.07, 6.45) is 1.40. The molecular formula is C20H17ClN2O4. The summed E-state index contributed by atoms with van der Waals surface area (Å²) in [7, 11) is 0. The Hall–Kier alpha value is -3.12. The number of anilines is 1. The standard InChI is InChI=1S/C20H17ClN2O4/c1-3-27-17-9-6-13(11-16(17)21)10-15-18(24)22-20(26)23(19(15)25)14-7-4-12(2)5-8-14/h4-11H,3H2,1-2H3,(H,22,24,26). The molecule has 7 heteroatoms. The third-order valence-corrected chi connectivity index (χ3v) is 4.26. The van der Waals surface area contributed by atoms with E-state index in [1.165, 1.54) is 6.08 Å². The molecule has 0 bridgehead atoms. The van der Waals surface area contributed by atoms with Gasteiger partial charge in [0.25, 0.3) is 11.8 Å². The van der Waals surface area contributed by atoms with Crippen molar-refractivity contribution in [2.75, 3.05) is 11.5 Å². The van der Waals surface area contributed by atoms with Crippen LogP contribution in [0.1, 0.15) is 18.1 Å². The fourth-order valence-corrected chi connectivity index (χ4v) is 2.88. The van der Waals surface area contributed by atoms with Gasteiger partial charge in [-0.15, -0.1) is 0 Å². The predicted molar refractivity (Wildman–Crippen MR) is 103 cm³/mol. The smallest absolute Gasteiger partial charge is 0.335 e. The van der Waals surface area contributed by atoms with Crippen LogP contribution in [0.5, 0.6) is 5.75 Å². The first-order valence-electron chi connectivity index (χ1n) is 8.31. The van der Waals surface area contributed by atoms with Crippen LogP contribution in [0, 0.1) is 6.92 Å². The van der Waals surface area contributed by atoms with Crippen molar-refractivity contribution in [1.82, 2.24) is 5.32 Å². The Morgan fingerprint density at radius 1 is 1.11 bits per heavy atom. The first-order valence-corrected chi connectivity index (χ1v) is 8.69. The van der Waals surface area contributed by atoms with Crippen molar-refractivity contribution in [2.45, 2.75) is 13.8 Å². The van der Waals surface area contributed by atoms with Crippen molar-refractivity contribution in [3.8, 4) is 5.75 Å². The summed E-state index contributed by atoms with van der Waals surface area (Å²) in [5.41, 5.74) is 1.75. The van der Waals surface area contributed by atoms with Gasteiger partial charge >= 0.3 is 6.03 Å². The Labute approximate surface area is 161 Å². The van der Waals surface area contributed by atoms with E-state index in [1.54, 1.807) is 42.5 Å². The number of urea groups is 1. The van der Waals surface area contributed by atoms with Crippen molar-refractivity contribution in [2.24, 2.45) is 0 Å². The number of barbiturate groups is 1. The van der Waals surface area contributed by atoms with Gasteiger partial charge in [0.1, 0.15) is 11.3 Å². The number of nitrogens with zero attached hydrogens (tertiary/aromatic N) is 1. The molecule has 27 heavy (non-hydrogen) atoms. The number of ether oxygens (including phenoxy) is 1. The number of halogens is 1. The zero-order chi connectivity index (χ0) is 19.6. The van der Waals surface area contributed by atoms with Crippen LogP contribution in [0.4, 0.5) is 10.5 Å². The van der Waals surface area contributed by atoms with Gasteiger partial charge in [0.2, 0.25) is 0 Å². The highest BCUT2D eigenvalue weighted by Crippen LogP contribution is 2.27. The van der Waals surface area contributed by atoms with Crippen LogP contribution in [0.2, 0.25) is 5.02 Å². The van der Waals surface area contributed by atoms with Crippen molar-refractivity contribution in [3.63, 3.8) is 0 Å². The minimum absolute atomic E-state index is 0.157. The van der Waals surface area contributed by atoms with E-state index in [0.717, 1.165) is 10.5 Å². The number of rotatable bonds is 4. The lowest BCUT2D eigenvalue weighted by atomic mass is 10.1. The monoisotopic (exact) mass is 384 g/mol. The molecule has 1 heterocycles. The summed E-state index contributed by atoms with van der Waals surface area (Å²) in [6.45, 7) is 4.20. The quantitative estimate of drug-likeness (QED) is 0.644. The Morgan fingerprint density at radius 3 is 2.44 bits per heavy atom. The molecule has 0 radical (unpaired) electrons. The van der Waals surface area contributed by atoms with Crippen LogP contribution in [0.15, 0.2) is 48.0 Å².